The molecule has 0 saturated carbocycles. The third-order valence-corrected chi connectivity index (χ3v) is 6.34. The normalized spacial score (nSPS) is 11.1. The summed E-state index contributed by atoms with van der Waals surface area (Å²) in [5.74, 6) is 1.24. The predicted molar refractivity (Wildman–Crippen MR) is 136 cm³/mol. The Morgan fingerprint density at radius 1 is 1.09 bits per heavy atom. The minimum absolute atomic E-state index is 0.165. The van der Waals surface area contributed by atoms with Crippen LogP contribution in [0.25, 0.3) is 11.0 Å². The van der Waals surface area contributed by atoms with Gasteiger partial charge in [0.1, 0.15) is 23.9 Å². The van der Waals surface area contributed by atoms with E-state index in [4.69, 9.17) is 26.1 Å². The number of fused-ring (bicyclic) bond motifs is 1. The van der Waals surface area contributed by atoms with Crippen molar-refractivity contribution in [2.75, 3.05) is 6.61 Å². The van der Waals surface area contributed by atoms with Crippen LogP contribution in [-0.4, -0.2) is 32.2 Å². The van der Waals surface area contributed by atoms with Crippen LogP contribution in [0.4, 0.5) is 0 Å². The van der Waals surface area contributed by atoms with E-state index in [1.165, 1.54) is 0 Å². The Balaban J connectivity index is 1.59. The summed E-state index contributed by atoms with van der Waals surface area (Å²) in [7, 11) is 0. The van der Waals surface area contributed by atoms with Crippen LogP contribution in [0.1, 0.15) is 45.5 Å². The highest BCUT2D eigenvalue weighted by Crippen LogP contribution is 2.28. The highest BCUT2D eigenvalue weighted by atomic mass is 35.5. The summed E-state index contributed by atoms with van der Waals surface area (Å²) in [5, 5.41) is 10.1. The topological polar surface area (TPSA) is 86.5 Å². The summed E-state index contributed by atoms with van der Waals surface area (Å²) in [6.45, 7) is 9.14. The maximum absolute atomic E-state index is 11.6. The number of ether oxygens (including phenoxy) is 2. The zero-order valence-electron chi connectivity index (χ0n) is 20.3. The van der Waals surface area contributed by atoms with Crippen molar-refractivity contribution in [3.8, 4) is 11.5 Å². The predicted octanol–water partition coefficient (Wildman–Crippen LogP) is 5.93. The Hall–Kier alpha value is -3.58. The fourth-order valence-corrected chi connectivity index (χ4v) is 4.44. The molecule has 2 aromatic heterocycles. The smallest absolute Gasteiger partial charge is 0.336 e. The first kappa shape index (κ1) is 24.5. The molecule has 0 aliphatic carbocycles. The lowest BCUT2D eigenvalue weighted by molar-refractivity contribution is 0.0693. The minimum atomic E-state index is -0.964. The number of aryl methyl sites for hydroxylation is 5. The van der Waals surface area contributed by atoms with E-state index in [1.54, 1.807) is 24.4 Å². The zero-order chi connectivity index (χ0) is 25.1. The van der Waals surface area contributed by atoms with E-state index in [-0.39, 0.29) is 12.2 Å². The van der Waals surface area contributed by atoms with Crippen molar-refractivity contribution in [1.82, 2.24) is 14.5 Å². The molecule has 0 fully saturated rings. The first-order chi connectivity index (χ1) is 16.8. The Morgan fingerprint density at radius 2 is 1.89 bits per heavy atom. The van der Waals surface area contributed by atoms with Crippen LogP contribution in [0, 0.1) is 20.8 Å². The van der Waals surface area contributed by atoms with Gasteiger partial charge < -0.3 is 19.1 Å². The van der Waals surface area contributed by atoms with E-state index in [9.17, 15) is 9.90 Å². The number of benzene rings is 2. The first-order valence-corrected chi connectivity index (χ1v) is 11.9. The van der Waals surface area contributed by atoms with Crippen molar-refractivity contribution < 1.29 is 19.4 Å². The molecule has 8 heteroatoms. The molecule has 182 valence electrons. The van der Waals surface area contributed by atoms with Crippen LogP contribution < -0.4 is 9.47 Å². The number of hydrogen-bond acceptors (Lipinski definition) is 5. The Labute approximate surface area is 209 Å². The quantitative estimate of drug-likeness (QED) is 0.311. The van der Waals surface area contributed by atoms with Crippen molar-refractivity contribution in [2.45, 2.75) is 47.3 Å². The van der Waals surface area contributed by atoms with Gasteiger partial charge in [0.15, 0.2) is 0 Å². The van der Waals surface area contributed by atoms with Crippen molar-refractivity contribution in [2.24, 2.45) is 0 Å². The lowest BCUT2D eigenvalue weighted by atomic mass is 10.0. The molecule has 35 heavy (non-hydrogen) atoms. The van der Waals surface area contributed by atoms with Crippen LogP contribution in [0.2, 0.25) is 5.02 Å². The van der Waals surface area contributed by atoms with Gasteiger partial charge in [-0.3, -0.25) is 4.98 Å². The Morgan fingerprint density at radius 3 is 2.60 bits per heavy atom. The summed E-state index contributed by atoms with van der Waals surface area (Å²) in [6.07, 6.45) is 2.32. The molecule has 4 rings (SSSR count). The fraction of sp³-hybridized carbons (Fsp3) is 0.296. The largest absolute Gasteiger partial charge is 0.492 e. The van der Waals surface area contributed by atoms with Gasteiger partial charge in [-0.25, -0.2) is 9.78 Å². The van der Waals surface area contributed by atoms with Crippen LogP contribution >= 0.6 is 11.6 Å². The van der Waals surface area contributed by atoms with Crippen LogP contribution in [0.15, 0.2) is 42.6 Å². The van der Waals surface area contributed by atoms with Crippen molar-refractivity contribution >= 4 is 28.6 Å². The highest BCUT2D eigenvalue weighted by Gasteiger charge is 2.16. The summed E-state index contributed by atoms with van der Waals surface area (Å²) < 4.78 is 13.7. The molecular weight excluding hydrogens is 466 g/mol. The second kappa shape index (κ2) is 10.4. The monoisotopic (exact) mass is 493 g/mol. The lowest BCUT2D eigenvalue weighted by Gasteiger charge is -2.13. The molecule has 0 spiro atoms. The Kier molecular flexibility index (Phi) is 7.26. The number of halogens is 1. The van der Waals surface area contributed by atoms with E-state index < -0.39 is 5.97 Å². The number of nitrogens with zero attached hydrogens (tertiary/aromatic N) is 3. The molecule has 0 aliphatic heterocycles. The molecule has 0 amide bonds. The van der Waals surface area contributed by atoms with E-state index in [0.29, 0.717) is 41.7 Å². The molecule has 2 aromatic carbocycles. The average Bonchev–Trinajstić information content (AvgIpc) is 3.13. The van der Waals surface area contributed by atoms with E-state index >= 15 is 0 Å². The van der Waals surface area contributed by atoms with Crippen molar-refractivity contribution in [3.63, 3.8) is 0 Å². The summed E-state index contributed by atoms with van der Waals surface area (Å²) in [5.41, 5.74) is 5.43. The van der Waals surface area contributed by atoms with Gasteiger partial charge in [0.25, 0.3) is 0 Å². The molecular formula is C27H28ClN3O4. The van der Waals surface area contributed by atoms with Gasteiger partial charge in [-0.1, -0.05) is 23.7 Å². The molecule has 0 aliphatic rings. The zero-order valence-corrected chi connectivity index (χ0v) is 21.0. The number of hydrogen-bond donors (Lipinski definition) is 1. The number of imidazole rings is 1. The van der Waals surface area contributed by atoms with E-state index in [1.807, 2.05) is 45.9 Å². The molecule has 0 atom stereocenters. The number of carboxylic acids is 1. The molecule has 0 unspecified atom stereocenters. The summed E-state index contributed by atoms with van der Waals surface area (Å²) in [4.78, 5) is 20.9. The number of carbonyl (C=O) groups is 1. The average molecular weight is 494 g/mol. The maximum Gasteiger partial charge on any atom is 0.336 e. The SMILES string of the molecule is CCOc1cnc(CCn2c(C)nc3c(C)cc(OCc4c(C)cccc4C(=O)O)cc32)c(Cl)c1. The molecule has 0 bridgehead atoms. The highest BCUT2D eigenvalue weighted by molar-refractivity contribution is 6.31. The molecule has 4 aromatic rings. The van der Waals surface area contributed by atoms with Gasteiger partial charge in [0.2, 0.25) is 0 Å². The summed E-state index contributed by atoms with van der Waals surface area (Å²) in [6, 6.07) is 10.9. The third-order valence-electron chi connectivity index (χ3n) is 6.01. The number of aromatic carboxylic acids is 1. The van der Waals surface area contributed by atoms with Crippen LogP contribution in [0.3, 0.4) is 0 Å². The van der Waals surface area contributed by atoms with Crippen molar-refractivity contribution in [3.05, 3.63) is 81.4 Å². The molecule has 0 saturated heterocycles. The van der Waals surface area contributed by atoms with Gasteiger partial charge in [0.05, 0.1) is 40.1 Å². The third kappa shape index (κ3) is 5.25. The van der Waals surface area contributed by atoms with E-state index in [2.05, 4.69) is 9.55 Å². The lowest BCUT2D eigenvalue weighted by Crippen LogP contribution is -2.08. The molecule has 1 N–H and O–H groups in total. The standard InChI is InChI=1S/C27H28ClN3O4/c1-5-34-20-12-23(28)24(29-14-20)9-10-31-18(4)30-26-17(3)11-19(13-25(26)31)35-15-22-16(2)7-6-8-21(22)27(32)33/h6-8,11-14H,5,9-10,15H2,1-4H3,(H,32,33). The van der Waals surface area contributed by atoms with Gasteiger partial charge in [-0.05, 0) is 51.0 Å². The Bertz CT molecular complexity index is 1400. The minimum Gasteiger partial charge on any atom is -0.492 e. The maximum atomic E-state index is 11.6. The molecule has 0 radical (unpaired) electrons. The molecule has 2 heterocycles. The second-order valence-electron chi connectivity index (χ2n) is 8.40. The van der Waals surface area contributed by atoms with Gasteiger partial charge in [-0.15, -0.1) is 0 Å². The van der Waals surface area contributed by atoms with Crippen LogP contribution in [0.5, 0.6) is 11.5 Å². The van der Waals surface area contributed by atoms with Crippen molar-refractivity contribution in [1.29, 1.82) is 0 Å². The van der Waals surface area contributed by atoms with Crippen LogP contribution in [-0.2, 0) is 19.6 Å². The number of pyridine rings is 1. The van der Waals surface area contributed by atoms with Gasteiger partial charge in [-0.2, -0.15) is 0 Å². The van der Waals surface area contributed by atoms with E-state index in [0.717, 1.165) is 33.7 Å². The second-order valence-corrected chi connectivity index (χ2v) is 8.80. The first-order valence-electron chi connectivity index (χ1n) is 11.5. The van der Waals surface area contributed by atoms with Gasteiger partial charge >= 0.3 is 5.97 Å². The number of aromatic nitrogens is 3. The number of carboxylic acid groups (broad SMARTS) is 1. The molecule has 7 nitrogen and oxygen atoms in total. The van der Waals surface area contributed by atoms with Gasteiger partial charge in [0, 0.05) is 30.7 Å². The fourth-order valence-electron chi connectivity index (χ4n) is 4.19. The summed E-state index contributed by atoms with van der Waals surface area (Å²) >= 11 is 6.43. The number of rotatable bonds is 9.